The van der Waals surface area contributed by atoms with Crippen LogP contribution in [0.25, 0.3) is 5.57 Å². The van der Waals surface area contributed by atoms with Crippen LogP contribution < -0.4 is 9.64 Å². The molecule has 31 heavy (non-hydrogen) atoms. The number of amides is 2. The van der Waals surface area contributed by atoms with Gasteiger partial charge in [-0.05, 0) is 68.4 Å². The first kappa shape index (κ1) is 21.2. The van der Waals surface area contributed by atoms with E-state index in [2.05, 4.69) is 11.8 Å². The van der Waals surface area contributed by atoms with Crippen molar-refractivity contribution < 1.29 is 14.3 Å². The Labute approximate surface area is 184 Å². The Morgan fingerprint density at radius 1 is 0.968 bits per heavy atom. The Morgan fingerprint density at radius 3 is 2.35 bits per heavy atom. The highest BCUT2D eigenvalue weighted by molar-refractivity contribution is 6.45. The predicted octanol–water partition coefficient (Wildman–Crippen LogP) is 4.72. The molecule has 0 aromatic heterocycles. The average molecular weight is 419 g/mol. The number of hydrogen-bond donors (Lipinski definition) is 0. The maximum Gasteiger partial charge on any atom is 0.282 e. The van der Waals surface area contributed by atoms with Gasteiger partial charge in [-0.3, -0.25) is 9.59 Å². The molecule has 1 saturated heterocycles. The van der Waals surface area contributed by atoms with Crippen LogP contribution in [0, 0.1) is 19.8 Å². The lowest BCUT2D eigenvalue weighted by molar-refractivity contribution is -0.120. The molecule has 0 saturated carbocycles. The highest BCUT2D eigenvalue weighted by atomic mass is 16.5. The van der Waals surface area contributed by atoms with Gasteiger partial charge in [-0.25, -0.2) is 4.90 Å². The molecular weight excluding hydrogens is 388 g/mol. The number of imide groups is 1. The maximum absolute atomic E-state index is 13.8. The van der Waals surface area contributed by atoms with Gasteiger partial charge in [0.2, 0.25) is 0 Å². The number of nitrogens with zero attached hydrogens (tertiary/aromatic N) is 2. The number of benzene rings is 2. The van der Waals surface area contributed by atoms with E-state index < -0.39 is 0 Å². The molecule has 1 fully saturated rings. The lowest BCUT2D eigenvalue weighted by atomic mass is 9.96. The van der Waals surface area contributed by atoms with Crippen LogP contribution in [0.4, 0.5) is 5.69 Å². The highest BCUT2D eigenvalue weighted by Gasteiger charge is 2.44. The van der Waals surface area contributed by atoms with Crippen LogP contribution in [-0.2, 0) is 9.59 Å². The Balaban J connectivity index is 1.84. The van der Waals surface area contributed by atoms with E-state index in [1.54, 1.807) is 12.1 Å². The maximum atomic E-state index is 13.8. The van der Waals surface area contributed by atoms with E-state index in [4.69, 9.17) is 4.74 Å². The van der Waals surface area contributed by atoms with Gasteiger partial charge >= 0.3 is 0 Å². The number of carbonyl (C=O) groups is 2. The second kappa shape index (κ2) is 8.58. The summed E-state index contributed by atoms with van der Waals surface area (Å²) in [5, 5.41) is 0. The molecule has 0 atom stereocenters. The van der Waals surface area contributed by atoms with E-state index in [0.29, 0.717) is 35.2 Å². The highest BCUT2D eigenvalue weighted by Crippen LogP contribution is 2.39. The van der Waals surface area contributed by atoms with Crippen LogP contribution >= 0.6 is 0 Å². The largest absolute Gasteiger partial charge is 0.492 e. The van der Waals surface area contributed by atoms with Gasteiger partial charge < -0.3 is 9.64 Å². The number of piperidine rings is 1. The van der Waals surface area contributed by atoms with Gasteiger partial charge in [0, 0.05) is 13.1 Å². The van der Waals surface area contributed by atoms with Crippen LogP contribution in [0.1, 0.15) is 43.4 Å². The third kappa shape index (κ3) is 3.85. The molecule has 0 N–H and O–H groups in total. The van der Waals surface area contributed by atoms with E-state index in [0.717, 1.165) is 42.6 Å². The summed E-state index contributed by atoms with van der Waals surface area (Å²) < 4.78 is 5.74. The van der Waals surface area contributed by atoms with Gasteiger partial charge in [0.05, 0.1) is 17.9 Å². The van der Waals surface area contributed by atoms with Crippen molar-refractivity contribution in [2.45, 2.75) is 40.5 Å². The minimum absolute atomic E-state index is 0.264. The number of rotatable bonds is 5. The van der Waals surface area contributed by atoms with Crippen LogP contribution in [0.15, 0.2) is 48.2 Å². The summed E-state index contributed by atoms with van der Waals surface area (Å²) in [4.78, 5) is 30.9. The smallest absolute Gasteiger partial charge is 0.282 e. The van der Waals surface area contributed by atoms with E-state index in [1.807, 2.05) is 51.1 Å². The Hall–Kier alpha value is -3.08. The molecule has 5 nitrogen and oxygen atoms in total. The van der Waals surface area contributed by atoms with Gasteiger partial charge in [0.1, 0.15) is 11.4 Å². The zero-order valence-corrected chi connectivity index (χ0v) is 18.8. The van der Waals surface area contributed by atoms with Crippen LogP contribution in [0.5, 0.6) is 5.75 Å². The number of hydrogen-bond acceptors (Lipinski definition) is 4. The summed E-state index contributed by atoms with van der Waals surface area (Å²) in [7, 11) is 0. The van der Waals surface area contributed by atoms with Crippen molar-refractivity contribution in [2.75, 3.05) is 24.6 Å². The molecule has 0 radical (unpaired) electrons. The molecule has 0 aliphatic carbocycles. The second-order valence-corrected chi connectivity index (χ2v) is 8.54. The molecule has 0 unspecified atom stereocenters. The molecule has 2 aromatic rings. The fraction of sp³-hybridized carbons (Fsp3) is 0.385. The monoisotopic (exact) mass is 418 g/mol. The van der Waals surface area contributed by atoms with Gasteiger partial charge in [-0.1, -0.05) is 37.3 Å². The van der Waals surface area contributed by atoms with Crippen molar-refractivity contribution in [2.24, 2.45) is 5.92 Å². The first-order valence-corrected chi connectivity index (χ1v) is 11.1. The molecule has 2 aliphatic heterocycles. The standard InChI is InChI=1S/C26H30N2O3/c1-5-31-22-9-7-6-8-21(22)28-25(29)23(20-11-10-18(3)19(4)16-20)24(26(28)30)27-14-12-17(2)13-15-27/h6-11,16-17H,5,12-15H2,1-4H3. The summed E-state index contributed by atoms with van der Waals surface area (Å²) in [5.41, 5.74) is 4.57. The number of ether oxygens (including phenoxy) is 1. The molecule has 5 heteroatoms. The number of likely N-dealkylation sites (tertiary alicyclic amines) is 1. The second-order valence-electron chi connectivity index (χ2n) is 8.54. The van der Waals surface area contributed by atoms with Crippen molar-refractivity contribution in [1.29, 1.82) is 0 Å². The molecular formula is C26H30N2O3. The fourth-order valence-corrected chi connectivity index (χ4v) is 4.34. The van der Waals surface area contributed by atoms with Gasteiger partial charge in [-0.15, -0.1) is 0 Å². The Kier molecular flexibility index (Phi) is 5.86. The Bertz CT molecular complexity index is 1050. The molecule has 162 valence electrons. The van der Waals surface area contributed by atoms with E-state index in [1.165, 1.54) is 4.90 Å². The molecule has 2 aliphatic rings. The van der Waals surface area contributed by atoms with Crippen molar-refractivity contribution in [1.82, 2.24) is 4.90 Å². The van der Waals surface area contributed by atoms with Crippen LogP contribution in [-0.4, -0.2) is 36.4 Å². The van der Waals surface area contributed by atoms with Crippen LogP contribution in [0.2, 0.25) is 0 Å². The fourth-order valence-electron chi connectivity index (χ4n) is 4.34. The third-order valence-corrected chi connectivity index (χ3v) is 6.36. The topological polar surface area (TPSA) is 49.9 Å². The van der Waals surface area contributed by atoms with E-state index in [-0.39, 0.29) is 11.8 Å². The normalized spacial score (nSPS) is 17.7. The SMILES string of the molecule is CCOc1ccccc1N1C(=O)C(c2ccc(C)c(C)c2)=C(N2CCC(C)CC2)C1=O. The van der Waals surface area contributed by atoms with Crippen LogP contribution in [0.3, 0.4) is 0 Å². The molecule has 2 heterocycles. The number of para-hydroxylation sites is 2. The van der Waals surface area contributed by atoms with Crippen molar-refractivity contribution in [3.63, 3.8) is 0 Å². The molecule has 2 aromatic carbocycles. The van der Waals surface area contributed by atoms with E-state index >= 15 is 0 Å². The van der Waals surface area contributed by atoms with Crippen molar-refractivity contribution in [3.05, 3.63) is 64.9 Å². The first-order chi connectivity index (χ1) is 14.9. The van der Waals surface area contributed by atoms with Crippen molar-refractivity contribution in [3.8, 4) is 5.75 Å². The lowest BCUT2D eigenvalue weighted by Gasteiger charge is -2.32. The van der Waals surface area contributed by atoms with Gasteiger partial charge in [0.25, 0.3) is 11.8 Å². The molecule has 4 rings (SSSR count). The van der Waals surface area contributed by atoms with E-state index in [9.17, 15) is 9.59 Å². The summed E-state index contributed by atoms with van der Waals surface area (Å²) in [6, 6.07) is 13.2. The summed E-state index contributed by atoms with van der Waals surface area (Å²) >= 11 is 0. The molecule has 0 bridgehead atoms. The number of carbonyl (C=O) groups excluding carboxylic acids is 2. The third-order valence-electron chi connectivity index (χ3n) is 6.36. The van der Waals surface area contributed by atoms with Gasteiger partial charge in [0.15, 0.2) is 0 Å². The molecule has 0 spiro atoms. The average Bonchev–Trinajstić information content (AvgIpc) is 3.01. The first-order valence-electron chi connectivity index (χ1n) is 11.1. The minimum Gasteiger partial charge on any atom is -0.492 e. The quantitative estimate of drug-likeness (QED) is 0.660. The zero-order chi connectivity index (χ0) is 22.1. The molecule has 2 amide bonds. The zero-order valence-electron chi connectivity index (χ0n) is 18.8. The summed E-state index contributed by atoms with van der Waals surface area (Å²) in [6.45, 7) is 10.2. The lowest BCUT2D eigenvalue weighted by Crippen LogP contribution is -2.38. The summed E-state index contributed by atoms with van der Waals surface area (Å²) in [5.74, 6) is 0.623. The number of aryl methyl sites for hydroxylation is 2. The predicted molar refractivity (Wildman–Crippen MR) is 123 cm³/mol. The van der Waals surface area contributed by atoms with Gasteiger partial charge in [-0.2, -0.15) is 0 Å². The Morgan fingerprint density at radius 2 is 1.68 bits per heavy atom. The van der Waals surface area contributed by atoms with Crippen molar-refractivity contribution >= 4 is 23.1 Å². The number of anilines is 1. The minimum atomic E-state index is -0.283. The summed E-state index contributed by atoms with van der Waals surface area (Å²) in [6.07, 6.45) is 2.03.